The fraction of sp³-hybridized carbons (Fsp3) is 0.429. The lowest BCUT2D eigenvalue weighted by molar-refractivity contribution is -0.126. The molecule has 10 heteroatoms. The number of halogens is 2. The molecular formula is C21H25ClFN5O2S. The second kappa shape index (κ2) is 10.8. The molecule has 31 heavy (non-hydrogen) atoms. The number of carbonyl (C=O) groups is 2. The highest BCUT2D eigenvalue weighted by Crippen LogP contribution is 2.25. The van der Waals surface area contributed by atoms with E-state index in [2.05, 4.69) is 25.7 Å². The van der Waals surface area contributed by atoms with E-state index < -0.39 is 5.82 Å². The number of carbonyl (C=O) groups excluding carboxylic acids is 2. The third kappa shape index (κ3) is 6.80. The van der Waals surface area contributed by atoms with Crippen LogP contribution in [-0.4, -0.2) is 46.9 Å². The molecule has 2 aromatic rings. The lowest BCUT2D eigenvalue weighted by atomic mass is 9.95. The Balaban J connectivity index is 1.46. The molecular weight excluding hydrogens is 441 g/mol. The van der Waals surface area contributed by atoms with Crippen molar-refractivity contribution in [3.63, 3.8) is 0 Å². The summed E-state index contributed by atoms with van der Waals surface area (Å²) in [6.07, 6.45) is 1.56. The highest BCUT2D eigenvalue weighted by atomic mass is 35.5. The summed E-state index contributed by atoms with van der Waals surface area (Å²) < 4.78 is 13.1. The summed E-state index contributed by atoms with van der Waals surface area (Å²) in [4.78, 5) is 26.4. The number of nitrogens with zero attached hydrogens (tertiary/aromatic N) is 3. The Morgan fingerprint density at radius 2 is 1.97 bits per heavy atom. The summed E-state index contributed by atoms with van der Waals surface area (Å²) in [5.41, 5.74) is 0.362. The molecule has 0 radical (unpaired) electrons. The summed E-state index contributed by atoms with van der Waals surface area (Å²) in [5.74, 6) is 0.303. The van der Waals surface area contributed by atoms with Crippen LogP contribution in [-0.2, 0) is 9.59 Å². The van der Waals surface area contributed by atoms with Crippen LogP contribution in [0.4, 0.5) is 15.9 Å². The van der Waals surface area contributed by atoms with Gasteiger partial charge in [0.2, 0.25) is 11.8 Å². The Morgan fingerprint density at radius 1 is 1.23 bits per heavy atom. The first-order valence-electron chi connectivity index (χ1n) is 10.1. The molecule has 1 aliphatic heterocycles. The van der Waals surface area contributed by atoms with E-state index >= 15 is 0 Å². The van der Waals surface area contributed by atoms with E-state index in [0.29, 0.717) is 10.7 Å². The van der Waals surface area contributed by atoms with E-state index in [1.165, 1.54) is 23.9 Å². The van der Waals surface area contributed by atoms with Gasteiger partial charge in [0.05, 0.1) is 16.5 Å². The summed E-state index contributed by atoms with van der Waals surface area (Å²) in [7, 11) is 0. The Morgan fingerprint density at radius 3 is 2.58 bits per heavy atom. The molecule has 1 saturated heterocycles. The van der Waals surface area contributed by atoms with Gasteiger partial charge in [0, 0.05) is 25.0 Å². The fourth-order valence-corrected chi connectivity index (χ4v) is 4.08. The van der Waals surface area contributed by atoms with Gasteiger partial charge < -0.3 is 15.5 Å². The van der Waals surface area contributed by atoms with Crippen LogP contribution in [0.3, 0.4) is 0 Å². The van der Waals surface area contributed by atoms with Crippen molar-refractivity contribution in [3.05, 3.63) is 41.2 Å². The van der Waals surface area contributed by atoms with Crippen LogP contribution in [0, 0.1) is 11.7 Å². The number of hydrogen-bond donors (Lipinski definition) is 2. The van der Waals surface area contributed by atoms with Crippen molar-refractivity contribution in [1.29, 1.82) is 0 Å². The normalized spacial score (nSPS) is 14.5. The minimum Gasteiger partial charge on any atom is -0.355 e. The van der Waals surface area contributed by atoms with Crippen molar-refractivity contribution in [3.8, 4) is 0 Å². The number of piperidine rings is 1. The van der Waals surface area contributed by atoms with Crippen molar-refractivity contribution < 1.29 is 14.0 Å². The number of benzene rings is 1. The van der Waals surface area contributed by atoms with Crippen LogP contribution in [0.1, 0.15) is 26.7 Å². The zero-order valence-electron chi connectivity index (χ0n) is 17.4. The minimum atomic E-state index is -0.462. The van der Waals surface area contributed by atoms with Gasteiger partial charge in [-0.05, 0) is 57.0 Å². The minimum absolute atomic E-state index is 0.0366. The average Bonchev–Trinajstić information content (AvgIpc) is 2.74. The number of rotatable bonds is 7. The molecule has 2 amide bonds. The number of amides is 2. The second-order valence-electron chi connectivity index (χ2n) is 7.62. The van der Waals surface area contributed by atoms with Gasteiger partial charge in [0.1, 0.15) is 10.8 Å². The summed E-state index contributed by atoms with van der Waals surface area (Å²) in [6.45, 7) is 5.42. The van der Waals surface area contributed by atoms with E-state index in [9.17, 15) is 14.0 Å². The molecule has 1 aromatic carbocycles. The highest BCUT2D eigenvalue weighted by Gasteiger charge is 2.26. The number of thioether (sulfide) groups is 1. The molecule has 0 aliphatic carbocycles. The largest absolute Gasteiger partial charge is 0.355 e. The third-order valence-electron chi connectivity index (χ3n) is 4.80. The topological polar surface area (TPSA) is 87.2 Å². The monoisotopic (exact) mass is 465 g/mol. The average molecular weight is 466 g/mol. The molecule has 7 nitrogen and oxygen atoms in total. The molecule has 2 heterocycles. The van der Waals surface area contributed by atoms with Gasteiger partial charge >= 0.3 is 0 Å². The molecule has 0 atom stereocenters. The van der Waals surface area contributed by atoms with E-state index in [1.807, 2.05) is 26.0 Å². The smallest absolute Gasteiger partial charge is 0.234 e. The maximum atomic E-state index is 13.1. The van der Waals surface area contributed by atoms with E-state index in [0.717, 1.165) is 37.8 Å². The van der Waals surface area contributed by atoms with Crippen LogP contribution in [0.15, 0.2) is 35.4 Å². The molecule has 1 aromatic heterocycles. The van der Waals surface area contributed by atoms with Crippen molar-refractivity contribution in [2.75, 3.05) is 29.1 Å². The number of anilines is 2. The quantitative estimate of drug-likeness (QED) is 0.606. The van der Waals surface area contributed by atoms with Crippen molar-refractivity contribution in [2.45, 2.75) is 37.8 Å². The van der Waals surface area contributed by atoms with Gasteiger partial charge in [-0.15, -0.1) is 10.2 Å². The van der Waals surface area contributed by atoms with Crippen molar-refractivity contribution in [1.82, 2.24) is 15.5 Å². The molecule has 0 unspecified atom stereocenters. The molecule has 0 spiro atoms. The number of hydrogen-bond acceptors (Lipinski definition) is 6. The summed E-state index contributed by atoms with van der Waals surface area (Å²) in [5, 5.41) is 14.8. The van der Waals surface area contributed by atoms with Crippen LogP contribution < -0.4 is 15.5 Å². The van der Waals surface area contributed by atoms with Gasteiger partial charge in [-0.25, -0.2) is 4.39 Å². The number of aromatic nitrogens is 2. The first kappa shape index (κ1) is 23.3. The van der Waals surface area contributed by atoms with Crippen molar-refractivity contribution in [2.24, 2.45) is 5.92 Å². The predicted octanol–water partition coefficient (Wildman–Crippen LogP) is 3.74. The van der Waals surface area contributed by atoms with Gasteiger partial charge in [-0.1, -0.05) is 23.4 Å². The molecule has 1 aliphatic rings. The molecule has 166 valence electrons. The summed E-state index contributed by atoms with van der Waals surface area (Å²) >= 11 is 7.17. The zero-order valence-corrected chi connectivity index (χ0v) is 19.0. The maximum absolute atomic E-state index is 13.1. The van der Waals surface area contributed by atoms with Gasteiger partial charge in [-0.2, -0.15) is 0 Å². The molecule has 2 N–H and O–H groups in total. The van der Waals surface area contributed by atoms with Gasteiger partial charge in [-0.3, -0.25) is 9.59 Å². The third-order valence-corrected chi connectivity index (χ3v) is 6.04. The molecule has 3 rings (SSSR count). The van der Waals surface area contributed by atoms with Crippen LogP contribution >= 0.6 is 23.4 Å². The highest BCUT2D eigenvalue weighted by molar-refractivity contribution is 7.99. The zero-order chi connectivity index (χ0) is 22.4. The van der Waals surface area contributed by atoms with E-state index in [4.69, 9.17) is 11.6 Å². The second-order valence-corrected chi connectivity index (χ2v) is 9.02. The van der Waals surface area contributed by atoms with Gasteiger partial charge in [0.25, 0.3) is 0 Å². The predicted molar refractivity (Wildman–Crippen MR) is 121 cm³/mol. The molecule has 0 bridgehead atoms. The Bertz CT molecular complexity index is 920. The molecule has 1 fully saturated rings. The van der Waals surface area contributed by atoms with Gasteiger partial charge in [0.15, 0.2) is 5.82 Å². The lowest BCUT2D eigenvalue weighted by Crippen LogP contribution is -2.42. The van der Waals surface area contributed by atoms with E-state index in [1.54, 1.807) is 0 Å². The SMILES string of the molecule is CC(C)NC(=O)C1CCN(c2ccc(SCC(=O)Nc3ccc(F)cc3Cl)nn2)CC1. The Kier molecular flexibility index (Phi) is 8.09. The first-order valence-corrected chi connectivity index (χ1v) is 11.4. The van der Waals surface area contributed by atoms with Crippen LogP contribution in [0.2, 0.25) is 5.02 Å². The maximum Gasteiger partial charge on any atom is 0.234 e. The Hall–Kier alpha value is -2.39. The molecule has 0 saturated carbocycles. The van der Waals surface area contributed by atoms with E-state index in [-0.39, 0.29) is 34.5 Å². The Labute approximate surface area is 190 Å². The lowest BCUT2D eigenvalue weighted by Gasteiger charge is -2.32. The fourth-order valence-electron chi connectivity index (χ4n) is 3.25. The summed E-state index contributed by atoms with van der Waals surface area (Å²) in [6, 6.07) is 7.65. The van der Waals surface area contributed by atoms with Crippen LogP contribution in [0.25, 0.3) is 0 Å². The van der Waals surface area contributed by atoms with Crippen LogP contribution in [0.5, 0.6) is 0 Å². The first-order chi connectivity index (χ1) is 14.8. The number of nitrogens with one attached hydrogen (secondary N) is 2. The van der Waals surface area contributed by atoms with Crippen molar-refractivity contribution >= 4 is 46.7 Å². The standard InChI is InChI=1S/C21H25ClFN5O2S/c1-13(2)24-21(30)14-7-9-28(10-8-14)18-5-6-20(27-26-18)31-12-19(29)25-17-4-3-15(23)11-16(17)22/h3-6,11,13-14H,7-10,12H2,1-2H3,(H,24,30)(H,25,29).